The van der Waals surface area contributed by atoms with Gasteiger partial charge < -0.3 is 0 Å². The van der Waals surface area contributed by atoms with Gasteiger partial charge in [0.15, 0.2) is 0 Å². The lowest BCUT2D eigenvalue weighted by Gasteiger charge is -2.17. The number of nitrogens with one attached hydrogen (secondary N) is 1. The fourth-order valence-electron chi connectivity index (χ4n) is 2.05. The molecule has 0 spiro atoms. The smallest absolute Gasteiger partial charge is 0.207 e. The summed E-state index contributed by atoms with van der Waals surface area (Å²) in [5, 5.41) is 0. The van der Waals surface area contributed by atoms with Crippen LogP contribution in [0.15, 0.2) is 53.4 Å². The maximum atomic E-state index is 13.0. The predicted octanol–water partition coefficient (Wildman–Crippen LogP) is 3.56. The summed E-state index contributed by atoms with van der Waals surface area (Å²) >= 11 is 0. The molecule has 2 aromatic rings. The SMILES string of the molecule is CCC(NS(=O)(=O)c1ccc(C)cc1)c1ccc(F)cc1. The van der Waals surface area contributed by atoms with Crippen molar-refractivity contribution in [2.45, 2.75) is 31.2 Å². The molecule has 21 heavy (non-hydrogen) atoms. The van der Waals surface area contributed by atoms with Gasteiger partial charge in [-0.3, -0.25) is 0 Å². The highest BCUT2D eigenvalue weighted by Crippen LogP contribution is 2.20. The van der Waals surface area contributed by atoms with Crippen molar-refractivity contribution < 1.29 is 12.8 Å². The van der Waals surface area contributed by atoms with E-state index in [-0.39, 0.29) is 16.8 Å². The standard InChI is InChI=1S/C16H18FNO2S/c1-3-16(13-6-8-14(17)9-7-13)18-21(19,20)15-10-4-12(2)5-11-15/h4-11,16,18H,3H2,1-2H3. The molecular formula is C16H18FNO2S. The Labute approximate surface area is 124 Å². The first kappa shape index (κ1) is 15.7. The number of benzene rings is 2. The van der Waals surface area contributed by atoms with Crippen LogP contribution in [0.3, 0.4) is 0 Å². The normalized spacial score (nSPS) is 13.1. The van der Waals surface area contributed by atoms with Gasteiger partial charge in [-0.25, -0.2) is 17.5 Å². The first-order chi connectivity index (χ1) is 9.92. The van der Waals surface area contributed by atoms with E-state index in [0.29, 0.717) is 6.42 Å². The number of sulfonamides is 1. The molecule has 0 saturated heterocycles. The second-order valence-corrected chi connectivity index (χ2v) is 6.66. The zero-order valence-electron chi connectivity index (χ0n) is 12.0. The molecule has 0 radical (unpaired) electrons. The molecule has 1 atom stereocenters. The lowest BCUT2D eigenvalue weighted by Crippen LogP contribution is -2.28. The molecule has 0 aliphatic carbocycles. The number of hydrogen-bond acceptors (Lipinski definition) is 2. The van der Waals surface area contributed by atoms with Crippen LogP contribution in [-0.4, -0.2) is 8.42 Å². The second kappa shape index (κ2) is 6.37. The Kier molecular flexibility index (Phi) is 4.75. The molecule has 0 aliphatic heterocycles. The van der Waals surface area contributed by atoms with E-state index in [1.807, 2.05) is 13.8 Å². The van der Waals surface area contributed by atoms with Crippen molar-refractivity contribution in [3.05, 3.63) is 65.5 Å². The van der Waals surface area contributed by atoms with E-state index < -0.39 is 10.0 Å². The molecule has 5 heteroatoms. The number of aryl methyl sites for hydroxylation is 1. The molecular weight excluding hydrogens is 289 g/mol. The third kappa shape index (κ3) is 3.89. The van der Waals surface area contributed by atoms with E-state index in [0.717, 1.165) is 11.1 Å². The first-order valence-electron chi connectivity index (χ1n) is 6.77. The summed E-state index contributed by atoms with van der Waals surface area (Å²) in [5.41, 5.74) is 1.74. The summed E-state index contributed by atoms with van der Waals surface area (Å²) in [4.78, 5) is 0.230. The van der Waals surface area contributed by atoms with Crippen molar-refractivity contribution >= 4 is 10.0 Å². The molecule has 0 bridgehead atoms. The quantitative estimate of drug-likeness (QED) is 0.918. The topological polar surface area (TPSA) is 46.2 Å². The molecule has 1 unspecified atom stereocenters. The first-order valence-corrected chi connectivity index (χ1v) is 8.25. The molecule has 2 aromatic carbocycles. The Morgan fingerprint density at radius 1 is 1.05 bits per heavy atom. The minimum Gasteiger partial charge on any atom is -0.207 e. The van der Waals surface area contributed by atoms with Gasteiger partial charge in [-0.2, -0.15) is 0 Å². The van der Waals surface area contributed by atoms with Gasteiger partial charge in [0.1, 0.15) is 5.82 Å². The molecule has 0 saturated carbocycles. The zero-order chi connectivity index (χ0) is 15.5. The summed E-state index contributed by atoms with van der Waals surface area (Å²) in [7, 11) is -3.59. The van der Waals surface area contributed by atoms with Crippen LogP contribution in [0.25, 0.3) is 0 Å². The average molecular weight is 307 g/mol. The van der Waals surface area contributed by atoms with Crippen molar-refractivity contribution in [2.24, 2.45) is 0 Å². The summed E-state index contributed by atoms with van der Waals surface area (Å²) in [6.45, 7) is 3.78. The molecule has 1 N–H and O–H groups in total. The van der Waals surface area contributed by atoms with Crippen molar-refractivity contribution in [2.75, 3.05) is 0 Å². The van der Waals surface area contributed by atoms with Crippen LogP contribution in [0.2, 0.25) is 0 Å². The molecule has 0 heterocycles. The van der Waals surface area contributed by atoms with Crippen LogP contribution in [-0.2, 0) is 10.0 Å². The Hall–Kier alpha value is -1.72. The molecule has 112 valence electrons. The number of rotatable bonds is 5. The molecule has 0 aliphatic rings. The predicted molar refractivity (Wildman–Crippen MR) is 80.9 cm³/mol. The van der Waals surface area contributed by atoms with E-state index in [1.165, 1.54) is 12.1 Å². The maximum Gasteiger partial charge on any atom is 0.241 e. The van der Waals surface area contributed by atoms with E-state index in [1.54, 1.807) is 36.4 Å². The van der Waals surface area contributed by atoms with Gasteiger partial charge in [-0.15, -0.1) is 0 Å². The van der Waals surface area contributed by atoms with Crippen LogP contribution in [0, 0.1) is 12.7 Å². The summed E-state index contributed by atoms with van der Waals surface area (Å²) < 4.78 is 40.4. The zero-order valence-corrected chi connectivity index (χ0v) is 12.8. The van der Waals surface area contributed by atoms with E-state index >= 15 is 0 Å². The van der Waals surface area contributed by atoms with Gasteiger partial charge in [0.2, 0.25) is 10.0 Å². The summed E-state index contributed by atoms with van der Waals surface area (Å²) in [5.74, 6) is -0.338. The summed E-state index contributed by atoms with van der Waals surface area (Å²) in [6, 6.07) is 12.2. The fourth-order valence-corrected chi connectivity index (χ4v) is 3.36. The second-order valence-electron chi connectivity index (χ2n) is 4.95. The molecule has 0 aromatic heterocycles. The highest BCUT2D eigenvalue weighted by molar-refractivity contribution is 7.89. The van der Waals surface area contributed by atoms with Gasteiger partial charge in [0.05, 0.1) is 4.90 Å². The van der Waals surface area contributed by atoms with Crippen molar-refractivity contribution in [3.8, 4) is 0 Å². The van der Waals surface area contributed by atoms with Crippen molar-refractivity contribution in [1.29, 1.82) is 0 Å². The third-order valence-corrected chi connectivity index (χ3v) is 4.80. The van der Waals surface area contributed by atoms with Crippen LogP contribution < -0.4 is 4.72 Å². The molecule has 0 amide bonds. The molecule has 0 fully saturated rings. The van der Waals surface area contributed by atoms with Crippen LogP contribution in [0.1, 0.15) is 30.5 Å². The fraction of sp³-hybridized carbons (Fsp3) is 0.250. The van der Waals surface area contributed by atoms with Crippen LogP contribution in [0.4, 0.5) is 4.39 Å². The van der Waals surface area contributed by atoms with Gasteiger partial charge in [0.25, 0.3) is 0 Å². The van der Waals surface area contributed by atoms with Gasteiger partial charge in [-0.1, -0.05) is 36.8 Å². The number of halogens is 1. The number of hydrogen-bond donors (Lipinski definition) is 1. The Morgan fingerprint density at radius 3 is 2.14 bits per heavy atom. The lowest BCUT2D eigenvalue weighted by molar-refractivity contribution is 0.549. The Balaban J connectivity index is 2.24. The van der Waals surface area contributed by atoms with Gasteiger partial charge >= 0.3 is 0 Å². The Morgan fingerprint density at radius 2 is 1.62 bits per heavy atom. The third-order valence-electron chi connectivity index (χ3n) is 3.31. The molecule has 2 rings (SSSR count). The van der Waals surface area contributed by atoms with E-state index in [9.17, 15) is 12.8 Å². The highest BCUT2D eigenvalue weighted by Gasteiger charge is 2.20. The Bertz CT molecular complexity index is 694. The van der Waals surface area contributed by atoms with Crippen molar-refractivity contribution in [1.82, 2.24) is 4.72 Å². The summed E-state index contributed by atoms with van der Waals surface area (Å²) in [6.07, 6.45) is 0.580. The highest BCUT2D eigenvalue weighted by atomic mass is 32.2. The average Bonchev–Trinajstić information content (AvgIpc) is 2.46. The van der Waals surface area contributed by atoms with Gasteiger partial charge in [0, 0.05) is 6.04 Å². The minimum absolute atomic E-state index is 0.230. The largest absolute Gasteiger partial charge is 0.241 e. The van der Waals surface area contributed by atoms with Crippen LogP contribution >= 0.6 is 0 Å². The van der Waals surface area contributed by atoms with Gasteiger partial charge in [-0.05, 0) is 43.2 Å². The minimum atomic E-state index is -3.59. The lowest BCUT2D eigenvalue weighted by atomic mass is 10.1. The van der Waals surface area contributed by atoms with E-state index in [4.69, 9.17) is 0 Å². The van der Waals surface area contributed by atoms with Crippen LogP contribution in [0.5, 0.6) is 0 Å². The van der Waals surface area contributed by atoms with Crippen molar-refractivity contribution in [3.63, 3.8) is 0 Å². The monoisotopic (exact) mass is 307 g/mol. The van der Waals surface area contributed by atoms with E-state index in [2.05, 4.69) is 4.72 Å². The maximum absolute atomic E-state index is 13.0. The molecule has 3 nitrogen and oxygen atoms in total.